The molecule has 0 bridgehead atoms. The van der Waals surface area contributed by atoms with Crippen LogP contribution >= 0.6 is 0 Å². The van der Waals surface area contributed by atoms with E-state index in [0.29, 0.717) is 0 Å². The third-order valence-corrected chi connectivity index (χ3v) is 8.73. The zero-order valence-electron chi connectivity index (χ0n) is 28.2. The molecule has 0 atom stereocenters. The van der Waals surface area contributed by atoms with E-state index in [0.717, 1.165) is 55.0 Å². The second kappa shape index (κ2) is 15.2. The van der Waals surface area contributed by atoms with Crippen LogP contribution in [0.3, 0.4) is 0 Å². The van der Waals surface area contributed by atoms with Gasteiger partial charge in [0.2, 0.25) is 0 Å². The van der Waals surface area contributed by atoms with E-state index in [-0.39, 0.29) is 0 Å². The van der Waals surface area contributed by atoms with Crippen molar-refractivity contribution in [2.75, 3.05) is 0 Å². The van der Waals surface area contributed by atoms with Gasteiger partial charge in [-0.15, -0.1) is 0 Å². The van der Waals surface area contributed by atoms with Gasteiger partial charge in [-0.2, -0.15) is 0 Å². The molecule has 4 aromatic carbocycles. The molecule has 0 N–H and O–H groups in total. The Labute approximate surface area is 301 Å². The van der Waals surface area contributed by atoms with E-state index in [1.54, 1.807) is 24.8 Å². The van der Waals surface area contributed by atoms with Crippen LogP contribution in [-0.4, -0.2) is 29.9 Å². The van der Waals surface area contributed by atoms with E-state index in [1.807, 2.05) is 73.1 Å². The summed E-state index contributed by atoms with van der Waals surface area (Å²) < 4.78 is 0. The minimum atomic E-state index is 0.915. The van der Waals surface area contributed by atoms with Gasteiger partial charge < -0.3 is 0 Å². The van der Waals surface area contributed by atoms with Crippen molar-refractivity contribution in [1.82, 2.24) is 29.9 Å². The molecule has 0 amide bonds. The minimum Gasteiger partial charge on any atom is -0.255 e. The number of aromatic nitrogens is 6. The molecule has 0 aliphatic rings. The van der Waals surface area contributed by atoms with Crippen LogP contribution < -0.4 is 0 Å². The maximum Gasteiger partial charge on any atom is 0.0970 e. The standard InChI is InChI=1S/C24H16N2.C12H8N2.C10H8N2/c1-3-7-17(8-4-1)19-13-15-25-23-21(19)11-12-22-20(14-16-26-24(22)23)18-9-5-2-6-10-18;1-3-9-5-6-10-4-2-8-14-12(10)11(9)13-7-1;1-3-7-11-9(5-1)10-6-2-4-8-12-10/h1-16H;1-8H;1-8H. The number of pyridine rings is 6. The first-order valence-corrected chi connectivity index (χ1v) is 17.0. The third kappa shape index (κ3) is 6.82. The van der Waals surface area contributed by atoms with Crippen molar-refractivity contribution in [3.63, 3.8) is 0 Å². The fourth-order valence-electron chi connectivity index (χ4n) is 6.28. The third-order valence-electron chi connectivity index (χ3n) is 8.73. The largest absolute Gasteiger partial charge is 0.255 e. The quantitative estimate of drug-likeness (QED) is 0.174. The first-order valence-electron chi connectivity index (χ1n) is 17.0. The van der Waals surface area contributed by atoms with Crippen LogP contribution in [0.4, 0.5) is 0 Å². The normalized spacial score (nSPS) is 10.7. The Hall–Kier alpha value is -7.18. The van der Waals surface area contributed by atoms with Gasteiger partial charge in [-0.25, -0.2) is 0 Å². The lowest BCUT2D eigenvalue weighted by molar-refractivity contribution is 1.25. The van der Waals surface area contributed by atoms with E-state index < -0.39 is 0 Å². The maximum atomic E-state index is 4.67. The molecule has 246 valence electrons. The van der Waals surface area contributed by atoms with Crippen molar-refractivity contribution in [2.24, 2.45) is 0 Å². The van der Waals surface area contributed by atoms with Crippen LogP contribution in [0, 0.1) is 0 Å². The first kappa shape index (κ1) is 32.0. The van der Waals surface area contributed by atoms with Crippen LogP contribution in [0.2, 0.25) is 0 Å². The van der Waals surface area contributed by atoms with Gasteiger partial charge in [0.15, 0.2) is 0 Å². The highest BCUT2D eigenvalue weighted by atomic mass is 14.8. The zero-order valence-corrected chi connectivity index (χ0v) is 28.2. The molecule has 0 unspecified atom stereocenters. The van der Waals surface area contributed by atoms with Gasteiger partial charge in [0.1, 0.15) is 0 Å². The van der Waals surface area contributed by atoms with Crippen LogP contribution in [-0.2, 0) is 0 Å². The summed E-state index contributed by atoms with van der Waals surface area (Å²) in [6.45, 7) is 0. The van der Waals surface area contributed by atoms with Crippen LogP contribution in [0.1, 0.15) is 0 Å². The molecule has 0 saturated heterocycles. The fraction of sp³-hybridized carbons (Fsp3) is 0. The van der Waals surface area contributed by atoms with Crippen molar-refractivity contribution in [3.8, 4) is 33.6 Å². The van der Waals surface area contributed by atoms with Crippen molar-refractivity contribution >= 4 is 43.6 Å². The summed E-state index contributed by atoms with van der Waals surface area (Å²) in [5.74, 6) is 0. The summed E-state index contributed by atoms with van der Waals surface area (Å²) in [6.07, 6.45) is 10.9. The molecule has 6 nitrogen and oxygen atoms in total. The van der Waals surface area contributed by atoms with Crippen molar-refractivity contribution in [1.29, 1.82) is 0 Å². The Morgan fingerprint density at radius 3 is 1.08 bits per heavy atom. The van der Waals surface area contributed by atoms with Crippen LogP contribution in [0.25, 0.3) is 77.3 Å². The van der Waals surface area contributed by atoms with Gasteiger partial charge in [0.25, 0.3) is 0 Å². The molecule has 0 fully saturated rings. The summed E-state index contributed by atoms with van der Waals surface area (Å²) in [5.41, 5.74) is 10.4. The number of benzene rings is 4. The maximum absolute atomic E-state index is 4.67. The van der Waals surface area contributed by atoms with E-state index in [2.05, 4.69) is 127 Å². The van der Waals surface area contributed by atoms with Gasteiger partial charge in [-0.3, -0.25) is 29.9 Å². The number of rotatable bonds is 3. The molecule has 10 aromatic rings. The molecule has 6 heterocycles. The molecule has 0 aliphatic carbocycles. The Kier molecular flexibility index (Phi) is 9.34. The monoisotopic (exact) mass is 668 g/mol. The Bertz CT molecular complexity index is 2530. The Morgan fingerprint density at radius 2 is 0.654 bits per heavy atom. The highest BCUT2D eigenvalue weighted by molar-refractivity contribution is 6.11. The summed E-state index contributed by atoms with van der Waals surface area (Å²) in [5, 5.41) is 4.53. The summed E-state index contributed by atoms with van der Waals surface area (Å²) >= 11 is 0. The lowest BCUT2D eigenvalue weighted by Crippen LogP contribution is -1.90. The van der Waals surface area contributed by atoms with E-state index >= 15 is 0 Å². The molecule has 52 heavy (non-hydrogen) atoms. The van der Waals surface area contributed by atoms with Crippen LogP contribution in [0.5, 0.6) is 0 Å². The Balaban J connectivity index is 0.000000125. The summed E-state index contributed by atoms with van der Waals surface area (Å²) in [4.78, 5) is 26.4. The van der Waals surface area contributed by atoms with E-state index in [4.69, 9.17) is 0 Å². The highest BCUT2D eigenvalue weighted by Gasteiger charge is 2.11. The topological polar surface area (TPSA) is 77.3 Å². The van der Waals surface area contributed by atoms with Gasteiger partial charge in [0.05, 0.1) is 33.5 Å². The second-order valence-corrected chi connectivity index (χ2v) is 12.0. The summed E-state index contributed by atoms with van der Waals surface area (Å²) in [6, 6.07) is 53.1. The van der Waals surface area contributed by atoms with Gasteiger partial charge in [-0.1, -0.05) is 109 Å². The average Bonchev–Trinajstić information content (AvgIpc) is 3.25. The molecule has 0 saturated carbocycles. The van der Waals surface area contributed by atoms with Crippen molar-refractivity contribution in [3.05, 3.63) is 195 Å². The van der Waals surface area contributed by atoms with Crippen molar-refractivity contribution < 1.29 is 0 Å². The summed E-state index contributed by atoms with van der Waals surface area (Å²) in [7, 11) is 0. The molecule has 0 radical (unpaired) electrons. The first-order chi connectivity index (χ1) is 25.8. The molecule has 6 aromatic heterocycles. The lowest BCUT2D eigenvalue weighted by atomic mass is 9.97. The predicted molar refractivity (Wildman–Crippen MR) is 212 cm³/mol. The smallest absolute Gasteiger partial charge is 0.0970 e. The SMILES string of the molecule is c1ccc(-c2ccccn2)nc1.c1ccc(-c2ccnc3c2ccc2c(-c4ccccc4)ccnc23)cc1.c1cnc2c(c1)ccc1cccnc12. The van der Waals surface area contributed by atoms with Gasteiger partial charge >= 0.3 is 0 Å². The molecule has 6 heteroatoms. The van der Waals surface area contributed by atoms with Gasteiger partial charge in [-0.05, 0) is 70.8 Å². The average molecular weight is 669 g/mol. The lowest BCUT2D eigenvalue weighted by Gasteiger charge is -2.11. The molecule has 0 aliphatic heterocycles. The number of hydrogen-bond acceptors (Lipinski definition) is 6. The number of hydrogen-bond donors (Lipinski definition) is 0. The second-order valence-electron chi connectivity index (χ2n) is 12.0. The van der Waals surface area contributed by atoms with E-state index in [1.165, 1.54) is 22.3 Å². The molecular formula is C46H32N6. The zero-order chi connectivity index (χ0) is 35.0. The van der Waals surface area contributed by atoms with E-state index in [9.17, 15) is 0 Å². The molecular weight excluding hydrogens is 637 g/mol. The minimum absolute atomic E-state index is 0.915. The fourth-order valence-corrected chi connectivity index (χ4v) is 6.28. The predicted octanol–water partition coefficient (Wildman–Crippen LogP) is 11.0. The van der Waals surface area contributed by atoms with Crippen LogP contribution in [0.15, 0.2) is 195 Å². The molecule has 10 rings (SSSR count). The number of fused-ring (bicyclic) bond motifs is 6. The van der Waals surface area contributed by atoms with Crippen molar-refractivity contribution in [2.45, 2.75) is 0 Å². The Morgan fingerprint density at radius 1 is 0.250 bits per heavy atom. The highest BCUT2D eigenvalue weighted by Crippen LogP contribution is 2.34. The molecule has 0 spiro atoms. The van der Waals surface area contributed by atoms with Gasteiger partial charge in [0, 0.05) is 58.7 Å². The number of nitrogens with zero attached hydrogens (tertiary/aromatic N) is 6.